The molecule has 2 aliphatic rings. The number of fused-ring (bicyclic) bond motifs is 2. The summed E-state index contributed by atoms with van der Waals surface area (Å²) in [5, 5.41) is 1.20. The van der Waals surface area contributed by atoms with Crippen LogP contribution in [-0.2, 0) is 11.3 Å². The highest BCUT2D eigenvalue weighted by molar-refractivity contribution is 5.86. The third kappa shape index (κ3) is 3.97. The zero-order valence-electron chi connectivity index (χ0n) is 20.5. The zero-order chi connectivity index (χ0) is 24.9. The smallest absolute Gasteiger partial charge is 0.225 e. The Morgan fingerprint density at radius 3 is 2.59 bits per heavy atom. The van der Waals surface area contributed by atoms with Gasteiger partial charge in [-0.25, -0.2) is 9.83 Å². The number of carbonyl (C=O) groups excluding carboxylic acids is 1. The molecule has 1 aliphatic heterocycles. The molecule has 1 aliphatic carbocycles. The molecule has 37 heavy (non-hydrogen) atoms. The van der Waals surface area contributed by atoms with Crippen molar-refractivity contribution >= 4 is 33.5 Å². The maximum atomic E-state index is 12.6. The van der Waals surface area contributed by atoms with Crippen LogP contribution in [0.2, 0.25) is 0 Å². The molecule has 0 radical (unpaired) electrons. The number of amides is 1. The predicted molar refractivity (Wildman–Crippen MR) is 146 cm³/mol. The average Bonchev–Trinajstić information content (AvgIpc) is 3.33. The number of aromatic amines is 1. The number of rotatable bonds is 5. The van der Waals surface area contributed by atoms with Crippen molar-refractivity contribution in [1.82, 2.24) is 19.4 Å². The number of imidazole rings is 1. The van der Waals surface area contributed by atoms with Crippen LogP contribution in [0.1, 0.15) is 19.3 Å². The summed E-state index contributed by atoms with van der Waals surface area (Å²) in [6, 6.07) is 22.9. The van der Waals surface area contributed by atoms with Gasteiger partial charge < -0.3 is 14.5 Å². The Morgan fingerprint density at radius 1 is 0.973 bits per heavy atom. The molecule has 2 aromatic heterocycles. The van der Waals surface area contributed by atoms with E-state index in [0.29, 0.717) is 17.5 Å². The Bertz CT molecular complexity index is 1680. The molecular formula is C31H27N5O. The highest BCUT2D eigenvalue weighted by Crippen LogP contribution is 2.35. The van der Waals surface area contributed by atoms with Crippen LogP contribution >= 0.6 is 0 Å². The molecule has 6 heteroatoms. The van der Waals surface area contributed by atoms with E-state index in [1.54, 1.807) is 0 Å². The van der Waals surface area contributed by atoms with Crippen LogP contribution in [0.15, 0.2) is 72.9 Å². The maximum Gasteiger partial charge on any atom is 0.225 e. The largest absolute Gasteiger partial charge is 0.361 e. The number of hydrogen-bond acceptors (Lipinski definition) is 2. The monoisotopic (exact) mass is 485 g/mol. The number of carbonyl (C=O) groups is 1. The molecule has 0 unspecified atom stereocenters. The number of nitrogens with zero attached hydrogens (tertiary/aromatic N) is 4. The summed E-state index contributed by atoms with van der Waals surface area (Å²) in [4.78, 5) is 26.5. The van der Waals surface area contributed by atoms with E-state index in [1.165, 1.54) is 10.9 Å². The fraction of sp³-hybridized carbons (Fsp3) is 0.258. The van der Waals surface area contributed by atoms with Crippen molar-refractivity contribution in [3.8, 4) is 22.5 Å². The summed E-state index contributed by atoms with van der Waals surface area (Å²) in [6.45, 7) is 9.90. The van der Waals surface area contributed by atoms with Gasteiger partial charge in [-0.2, -0.15) is 0 Å². The third-order valence-corrected chi connectivity index (χ3v) is 7.86. The van der Waals surface area contributed by atoms with Gasteiger partial charge in [0.25, 0.3) is 0 Å². The SMILES string of the molecule is [C-]#[N+]c1ccc2c(c1)nc(-c1ccc(-c3ccc4[nH]ccc4c3)cc1)n2C[C@@H]1CCN(C(=O)C2CC2)C1. The van der Waals surface area contributed by atoms with Gasteiger partial charge in [0.1, 0.15) is 5.82 Å². The summed E-state index contributed by atoms with van der Waals surface area (Å²) in [5.74, 6) is 1.92. The molecule has 7 rings (SSSR count). The predicted octanol–water partition coefficient (Wildman–Crippen LogP) is 6.66. The van der Waals surface area contributed by atoms with Gasteiger partial charge in [-0.05, 0) is 72.0 Å². The Kier molecular flexibility index (Phi) is 5.10. The van der Waals surface area contributed by atoms with Crippen molar-refractivity contribution in [1.29, 1.82) is 0 Å². The number of H-pyrrole nitrogens is 1. The van der Waals surface area contributed by atoms with E-state index in [4.69, 9.17) is 11.6 Å². The first-order chi connectivity index (χ1) is 18.2. The topological polar surface area (TPSA) is 58.3 Å². The Labute approximate surface area is 215 Å². The number of nitrogens with one attached hydrogen (secondary N) is 1. The molecule has 2 fully saturated rings. The maximum absolute atomic E-state index is 12.6. The summed E-state index contributed by atoms with van der Waals surface area (Å²) in [7, 11) is 0. The molecule has 5 aromatic rings. The van der Waals surface area contributed by atoms with Crippen LogP contribution in [0.25, 0.3) is 49.3 Å². The van der Waals surface area contributed by atoms with Crippen molar-refractivity contribution in [2.24, 2.45) is 11.8 Å². The Morgan fingerprint density at radius 2 is 1.78 bits per heavy atom. The molecule has 1 N–H and O–H groups in total. The minimum Gasteiger partial charge on any atom is -0.361 e. The van der Waals surface area contributed by atoms with E-state index in [-0.39, 0.29) is 5.92 Å². The Hall–Kier alpha value is -4.37. The minimum atomic E-state index is 0.270. The van der Waals surface area contributed by atoms with Gasteiger partial charge in [-0.1, -0.05) is 36.4 Å². The normalized spacial score (nSPS) is 17.5. The number of likely N-dealkylation sites (tertiary alicyclic amines) is 1. The van der Waals surface area contributed by atoms with E-state index in [1.807, 2.05) is 24.4 Å². The van der Waals surface area contributed by atoms with Crippen molar-refractivity contribution in [2.45, 2.75) is 25.8 Å². The van der Waals surface area contributed by atoms with E-state index in [2.05, 4.69) is 67.8 Å². The first-order valence-electron chi connectivity index (χ1n) is 13.0. The lowest BCUT2D eigenvalue weighted by molar-refractivity contribution is -0.131. The highest BCUT2D eigenvalue weighted by Gasteiger charge is 2.36. The van der Waals surface area contributed by atoms with Gasteiger partial charge in [0.2, 0.25) is 5.91 Å². The lowest BCUT2D eigenvalue weighted by Crippen LogP contribution is -2.30. The average molecular weight is 486 g/mol. The molecule has 1 atom stereocenters. The highest BCUT2D eigenvalue weighted by atomic mass is 16.2. The van der Waals surface area contributed by atoms with E-state index in [0.717, 1.165) is 72.4 Å². The van der Waals surface area contributed by atoms with Crippen LogP contribution < -0.4 is 0 Å². The lowest BCUT2D eigenvalue weighted by atomic mass is 10.0. The van der Waals surface area contributed by atoms with Crippen molar-refractivity contribution in [3.63, 3.8) is 0 Å². The molecule has 1 saturated heterocycles. The number of hydrogen-bond donors (Lipinski definition) is 1. The van der Waals surface area contributed by atoms with Crippen LogP contribution in [0, 0.1) is 18.4 Å². The molecule has 3 heterocycles. The van der Waals surface area contributed by atoms with Crippen molar-refractivity contribution in [2.75, 3.05) is 13.1 Å². The second kappa shape index (κ2) is 8.63. The number of aromatic nitrogens is 3. The van der Waals surface area contributed by atoms with Gasteiger partial charge in [-0.15, -0.1) is 0 Å². The molecule has 1 amide bonds. The molecule has 0 spiro atoms. The van der Waals surface area contributed by atoms with Gasteiger partial charge in [0.15, 0.2) is 5.69 Å². The summed E-state index contributed by atoms with van der Waals surface area (Å²) in [5.41, 5.74) is 7.01. The number of benzene rings is 3. The molecule has 1 saturated carbocycles. The quantitative estimate of drug-likeness (QED) is 0.283. The minimum absolute atomic E-state index is 0.270. The Balaban J connectivity index is 1.22. The van der Waals surface area contributed by atoms with Crippen LogP contribution in [0.4, 0.5) is 5.69 Å². The fourth-order valence-corrected chi connectivity index (χ4v) is 5.67. The van der Waals surface area contributed by atoms with Crippen LogP contribution in [-0.4, -0.2) is 38.4 Å². The first-order valence-corrected chi connectivity index (χ1v) is 13.0. The van der Waals surface area contributed by atoms with Gasteiger partial charge in [0.05, 0.1) is 17.6 Å². The fourth-order valence-electron chi connectivity index (χ4n) is 5.67. The lowest BCUT2D eigenvalue weighted by Gasteiger charge is -2.18. The molecule has 3 aromatic carbocycles. The van der Waals surface area contributed by atoms with Gasteiger partial charge in [-0.3, -0.25) is 4.79 Å². The second-order valence-corrected chi connectivity index (χ2v) is 10.4. The second-order valence-electron chi connectivity index (χ2n) is 10.4. The van der Waals surface area contributed by atoms with E-state index in [9.17, 15) is 4.79 Å². The summed E-state index contributed by atoms with van der Waals surface area (Å²) < 4.78 is 2.29. The van der Waals surface area contributed by atoms with E-state index < -0.39 is 0 Å². The van der Waals surface area contributed by atoms with E-state index >= 15 is 0 Å². The van der Waals surface area contributed by atoms with Crippen LogP contribution in [0.3, 0.4) is 0 Å². The molecule has 182 valence electrons. The third-order valence-electron chi connectivity index (χ3n) is 7.86. The molecule has 0 bridgehead atoms. The van der Waals surface area contributed by atoms with Crippen molar-refractivity contribution in [3.05, 3.63) is 84.3 Å². The van der Waals surface area contributed by atoms with Gasteiger partial charge >= 0.3 is 0 Å². The molecular weight excluding hydrogens is 458 g/mol. The molecule has 6 nitrogen and oxygen atoms in total. The first kappa shape index (κ1) is 21.9. The summed E-state index contributed by atoms with van der Waals surface area (Å²) >= 11 is 0. The summed E-state index contributed by atoms with van der Waals surface area (Å²) in [6.07, 6.45) is 5.08. The van der Waals surface area contributed by atoms with Crippen molar-refractivity contribution < 1.29 is 4.79 Å². The zero-order valence-corrected chi connectivity index (χ0v) is 20.5. The van der Waals surface area contributed by atoms with Gasteiger partial charge in [0, 0.05) is 42.8 Å². The van der Waals surface area contributed by atoms with Crippen LogP contribution in [0.5, 0.6) is 0 Å². The standard InChI is InChI=1S/C31H27N5O/c1-32-26-9-11-29-28(17-26)34-30(36(29)19-20-13-15-35(18-20)31(37)23-6-7-23)22-4-2-21(3-5-22)24-8-10-27-25(16-24)12-14-33-27/h2-5,8-12,14,16-17,20,23,33H,6-7,13,15,18-19H2/t20-/m1/s1.